The molecule has 1 aromatic carbocycles. The van der Waals surface area contributed by atoms with Crippen molar-refractivity contribution in [1.82, 2.24) is 0 Å². The Balaban J connectivity index is 3.02. The Hall–Kier alpha value is -1.88. The van der Waals surface area contributed by atoms with Crippen molar-refractivity contribution >= 4 is 11.9 Å². The summed E-state index contributed by atoms with van der Waals surface area (Å²) in [5.74, 6) is -0.597. The van der Waals surface area contributed by atoms with Crippen LogP contribution in [-0.2, 0) is 16.0 Å². The van der Waals surface area contributed by atoms with Crippen molar-refractivity contribution in [2.75, 3.05) is 13.6 Å². The first kappa shape index (κ1) is 18.2. The van der Waals surface area contributed by atoms with Crippen LogP contribution in [0.4, 0.5) is 0 Å². The molecule has 0 fully saturated rings. The molecule has 0 aliphatic heterocycles. The zero-order valence-electron chi connectivity index (χ0n) is 14.0. The molecular formula is C17H26NO4+. The van der Waals surface area contributed by atoms with Gasteiger partial charge in [-0.3, -0.25) is 9.59 Å². The van der Waals surface area contributed by atoms with Gasteiger partial charge >= 0.3 is 11.9 Å². The van der Waals surface area contributed by atoms with Crippen molar-refractivity contribution in [3.8, 4) is 11.5 Å². The summed E-state index contributed by atoms with van der Waals surface area (Å²) < 4.78 is 10.7. The van der Waals surface area contributed by atoms with Crippen LogP contribution in [0.5, 0.6) is 11.5 Å². The molecule has 2 N–H and O–H groups in total. The number of carbonyl (C=O) groups is 2. The molecule has 122 valence electrons. The summed E-state index contributed by atoms with van der Waals surface area (Å²) in [5.41, 5.74) is 1.04. The molecule has 0 aliphatic rings. The van der Waals surface area contributed by atoms with Gasteiger partial charge in [-0.15, -0.1) is 0 Å². The number of quaternary nitrogens is 1. The third-order valence-electron chi connectivity index (χ3n) is 3.09. The number of benzene rings is 1. The second-order valence-corrected chi connectivity index (χ2v) is 5.88. The number of carbonyl (C=O) groups excluding carboxylic acids is 2. The Bertz CT molecular complexity index is 523. The summed E-state index contributed by atoms with van der Waals surface area (Å²) >= 11 is 0. The van der Waals surface area contributed by atoms with Gasteiger partial charge in [0, 0.05) is 6.42 Å². The van der Waals surface area contributed by atoms with E-state index >= 15 is 0 Å². The lowest BCUT2D eigenvalue weighted by Gasteiger charge is -2.14. The van der Waals surface area contributed by atoms with Crippen LogP contribution in [0, 0.1) is 11.8 Å². The third-order valence-corrected chi connectivity index (χ3v) is 3.09. The van der Waals surface area contributed by atoms with Crippen molar-refractivity contribution in [3.05, 3.63) is 23.8 Å². The number of nitrogens with two attached hydrogens (primary N) is 1. The largest absolute Gasteiger partial charge is 0.422 e. The number of ether oxygens (including phenoxy) is 2. The zero-order valence-corrected chi connectivity index (χ0v) is 14.0. The topological polar surface area (TPSA) is 69.2 Å². The molecule has 0 saturated carbocycles. The van der Waals surface area contributed by atoms with Crippen molar-refractivity contribution in [3.63, 3.8) is 0 Å². The first-order valence-corrected chi connectivity index (χ1v) is 7.69. The fourth-order valence-electron chi connectivity index (χ4n) is 1.64. The zero-order chi connectivity index (χ0) is 16.7. The predicted octanol–water partition coefficient (Wildman–Crippen LogP) is 1.55. The lowest BCUT2D eigenvalue weighted by Crippen LogP contribution is -2.80. The molecule has 0 aliphatic carbocycles. The first-order valence-electron chi connectivity index (χ1n) is 7.69. The van der Waals surface area contributed by atoms with Gasteiger partial charge < -0.3 is 14.8 Å². The van der Waals surface area contributed by atoms with Gasteiger partial charge in [-0.25, -0.2) is 0 Å². The molecule has 1 rings (SSSR count). The first-order chi connectivity index (χ1) is 10.3. The summed E-state index contributed by atoms with van der Waals surface area (Å²) in [4.78, 5) is 23.6. The summed E-state index contributed by atoms with van der Waals surface area (Å²) in [7, 11) is 2.00. The molecule has 5 heteroatoms. The van der Waals surface area contributed by atoms with Crippen molar-refractivity contribution < 1.29 is 24.4 Å². The van der Waals surface area contributed by atoms with Gasteiger partial charge in [-0.1, -0.05) is 33.8 Å². The molecule has 5 nitrogen and oxygen atoms in total. The third kappa shape index (κ3) is 5.48. The minimum absolute atomic E-state index is 0.247. The Labute approximate surface area is 132 Å². The van der Waals surface area contributed by atoms with E-state index in [1.165, 1.54) is 0 Å². The number of hydrogen-bond acceptors (Lipinski definition) is 4. The number of likely N-dealkylation sites (N-methyl/N-ethyl adjacent to an activating group) is 1. The maximum atomic E-state index is 11.8. The average Bonchev–Trinajstić information content (AvgIpc) is 2.46. The van der Waals surface area contributed by atoms with Crippen LogP contribution in [0.15, 0.2) is 18.2 Å². The fraction of sp³-hybridized carbons (Fsp3) is 0.529. The van der Waals surface area contributed by atoms with Gasteiger partial charge in [0.25, 0.3) is 0 Å². The standard InChI is InChI=1S/C17H25NO4/c1-11(2)16(19)21-14-7-6-13(8-9-18-5)10-15(14)22-17(20)12(3)4/h6-7,10-12,18H,8-9H2,1-5H3/p+1. The van der Waals surface area contributed by atoms with E-state index in [9.17, 15) is 9.59 Å². The molecule has 0 radical (unpaired) electrons. The van der Waals surface area contributed by atoms with Gasteiger partial charge in [0.2, 0.25) is 0 Å². The molecule has 0 heterocycles. The maximum Gasteiger partial charge on any atom is 0.313 e. The van der Waals surface area contributed by atoms with E-state index in [1.807, 2.05) is 13.1 Å². The van der Waals surface area contributed by atoms with Crippen LogP contribution in [-0.4, -0.2) is 25.5 Å². The maximum absolute atomic E-state index is 11.8. The lowest BCUT2D eigenvalue weighted by atomic mass is 10.1. The average molecular weight is 308 g/mol. The van der Waals surface area contributed by atoms with Crippen LogP contribution in [0.3, 0.4) is 0 Å². The van der Waals surface area contributed by atoms with Gasteiger partial charge in [-0.2, -0.15) is 0 Å². The molecule has 0 unspecified atom stereocenters. The second-order valence-electron chi connectivity index (χ2n) is 5.88. The van der Waals surface area contributed by atoms with Gasteiger partial charge in [0.05, 0.1) is 25.4 Å². The van der Waals surface area contributed by atoms with E-state index in [4.69, 9.17) is 9.47 Å². The summed E-state index contributed by atoms with van der Waals surface area (Å²) in [6.45, 7) is 7.97. The molecular weight excluding hydrogens is 282 g/mol. The summed E-state index contributed by atoms with van der Waals surface area (Å²) in [6.07, 6.45) is 0.848. The van der Waals surface area contributed by atoms with Crippen molar-refractivity contribution in [2.24, 2.45) is 11.8 Å². The SMILES string of the molecule is C[NH2+]CCc1ccc(OC(=O)C(C)C)c(OC(=O)C(C)C)c1. The minimum Gasteiger partial charge on any atom is -0.422 e. The molecule has 0 aromatic heterocycles. The van der Waals surface area contributed by atoms with E-state index in [2.05, 4.69) is 5.32 Å². The second kappa shape index (κ2) is 8.54. The minimum atomic E-state index is -0.350. The van der Waals surface area contributed by atoms with Crippen LogP contribution < -0.4 is 14.8 Å². The smallest absolute Gasteiger partial charge is 0.313 e. The van der Waals surface area contributed by atoms with Gasteiger partial charge in [0.1, 0.15) is 0 Å². The van der Waals surface area contributed by atoms with E-state index in [0.29, 0.717) is 5.75 Å². The van der Waals surface area contributed by atoms with E-state index in [-0.39, 0.29) is 29.5 Å². The Morgan fingerprint density at radius 3 is 2.05 bits per heavy atom. The van der Waals surface area contributed by atoms with E-state index in [1.54, 1.807) is 39.8 Å². The molecule has 1 aromatic rings. The summed E-state index contributed by atoms with van der Waals surface area (Å²) in [6, 6.07) is 5.35. The Morgan fingerprint density at radius 2 is 1.55 bits per heavy atom. The molecule has 0 saturated heterocycles. The lowest BCUT2D eigenvalue weighted by molar-refractivity contribution is -0.626. The van der Waals surface area contributed by atoms with Crippen LogP contribution in [0.1, 0.15) is 33.3 Å². The molecule has 0 spiro atoms. The molecule has 0 amide bonds. The highest BCUT2D eigenvalue weighted by Gasteiger charge is 2.18. The number of rotatable bonds is 7. The van der Waals surface area contributed by atoms with Gasteiger partial charge in [-0.05, 0) is 17.7 Å². The Kier molecular flexibility index (Phi) is 7.05. The molecule has 0 bridgehead atoms. The monoisotopic (exact) mass is 308 g/mol. The fourth-order valence-corrected chi connectivity index (χ4v) is 1.64. The predicted molar refractivity (Wildman–Crippen MR) is 83.8 cm³/mol. The van der Waals surface area contributed by atoms with Crippen LogP contribution >= 0.6 is 0 Å². The highest BCUT2D eigenvalue weighted by atomic mass is 16.6. The van der Waals surface area contributed by atoms with Crippen molar-refractivity contribution in [1.29, 1.82) is 0 Å². The molecule has 0 atom stereocenters. The highest BCUT2D eigenvalue weighted by Crippen LogP contribution is 2.30. The Morgan fingerprint density at radius 1 is 1.00 bits per heavy atom. The summed E-state index contributed by atoms with van der Waals surface area (Å²) in [5, 5.41) is 2.08. The highest BCUT2D eigenvalue weighted by molar-refractivity contribution is 5.78. The van der Waals surface area contributed by atoms with Crippen molar-refractivity contribution in [2.45, 2.75) is 34.1 Å². The van der Waals surface area contributed by atoms with Crippen LogP contribution in [0.2, 0.25) is 0 Å². The normalized spacial score (nSPS) is 10.9. The van der Waals surface area contributed by atoms with E-state index in [0.717, 1.165) is 18.5 Å². The number of esters is 2. The molecule has 22 heavy (non-hydrogen) atoms. The van der Waals surface area contributed by atoms with E-state index < -0.39 is 0 Å². The number of hydrogen-bond donors (Lipinski definition) is 1. The van der Waals surface area contributed by atoms with Crippen LogP contribution in [0.25, 0.3) is 0 Å². The quantitative estimate of drug-likeness (QED) is 0.613. The van der Waals surface area contributed by atoms with Gasteiger partial charge in [0.15, 0.2) is 11.5 Å².